The zero-order valence-corrected chi connectivity index (χ0v) is 12.2. The fraction of sp³-hybridized carbons (Fsp3) is 0.250. The zero-order valence-electron chi connectivity index (χ0n) is 12.2. The number of para-hydroxylation sites is 1. The summed E-state index contributed by atoms with van der Waals surface area (Å²) in [4.78, 5) is 16.1. The Morgan fingerprint density at radius 3 is 2.77 bits per heavy atom. The molecule has 0 saturated carbocycles. The Kier molecular flexibility index (Phi) is 4.09. The Morgan fingerprint density at radius 1 is 1.18 bits per heavy atom. The summed E-state index contributed by atoms with van der Waals surface area (Å²) in [5.41, 5.74) is 1.58. The summed E-state index contributed by atoms with van der Waals surface area (Å²) in [6, 6.07) is 8.72. The molecule has 1 aromatic carbocycles. The van der Waals surface area contributed by atoms with E-state index in [0.717, 1.165) is 5.56 Å². The molecule has 0 radical (unpaired) electrons. The molecule has 0 fully saturated rings. The van der Waals surface area contributed by atoms with Crippen molar-refractivity contribution in [3.05, 3.63) is 48.3 Å². The quantitative estimate of drug-likeness (QED) is 0.914. The van der Waals surface area contributed by atoms with Gasteiger partial charge in [0, 0.05) is 12.4 Å². The van der Waals surface area contributed by atoms with E-state index in [-0.39, 0.29) is 12.1 Å². The summed E-state index contributed by atoms with van der Waals surface area (Å²) in [7, 11) is 0. The molecule has 114 valence electrons. The van der Waals surface area contributed by atoms with Crippen molar-refractivity contribution in [2.24, 2.45) is 0 Å². The van der Waals surface area contributed by atoms with Crippen LogP contribution in [0.25, 0.3) is 0 Å². The third-order valence-corrected chi connectivity index (χ3v) is 3.37. The minimum atomic E-state index is -0.299. The Bertz CT molecular complexity index is 661. The van der Waals surface area contributed by atoms with Crippen LogP contribution in [0.1, 0.15) is 18.5 Å². The van der Waals surface area contributed by atoms with Gasteiger partial charge in [-0.15, -0.1) is 0 Å². The summed E-state index contributed by atoms with van der Waals surface area (Å²) < 4.78 is 11.1. The van der Waals surface area contributed by atoms with E-state index in [9.17, 15) is 4.79 Å². The van der Waals surface area contributed by atoms with Gasteiger partial charge in [-0.1, -0.05) is 6.07 Å². The second-order valence-electron chi connectivity index (χ2n) is 4.93. The Morgan fingerprint density at radius 2 is 1.95 bits per heavy atom. The topological polar surface area (TPSA) is 72.5 Å². The van der Waals surface area contributed by atoms with E-state index in [1.165, 1.54) is 0 Å². The van der Waals surface area contributed by atoms with Gasteiger partial charge < -0.3 is 20.1 Å². The maximum atomic E-state index is 12.1. The molecule has 2 amide bonds. The molecule has 0 aliphatic carbocycles. The highest BCUT2D eigenvalue weighted by atomic mass is 16.6. The molecule has 2 N–H and O–H groups in total. The van der Waals surface area contributed by atoms with Crippen LogP contribution < -0.4 is 20.1 Å². The molecular formula is C16H17N3O3. The molecule has 22 heavy (non-hydrogen) atoms. The Labute approximate surface area is 128 Å². The smallest absolute Gasteiger partial charge is 0.319 e. The maximum Gasteiger partial charge on any atom is 0.319 e. The largest absolute Gasteiger partial charge is 0.486 e. The van der Waals surface area contributed by atoms with Crippen LogP contribution in [0.3, 0.4) is 0 Å². The lowest BCUT2D eigenvalue weighted by atomic mass is 10.1. The van der Waals surface area contributed by atoms with Crippen LogP contribution in [-0.2, 0) is 0 Å². The molecule has 1 atom stereocenters. The standard InChI is InChI=1S/C16H17N3O3/c1-11(12-5-7-17-8-6-12)18-16(20)19-13-3-2-4-14-15(13)22-10-9-21-14/h2-8,11H,9-10H2,1H3,(H2,18,19,20). The number of anilines is 1. The highest BCUT2D eigenvalue weighted by Gasteiger charge is 2.17. The Hall–Kier alpha value is -2.76. The van der Waals surface area contributed by atoms with E-state index in [2.05, 4.69) is 15.6 Å². The third-order valence-electron chi connectivity index (χ3n) is 3.37. The average molecular weight is 299 g/mol. The van der Waals surface area contributed by atoms with Crippen LogP contribution in [0.4, 0.5) is 10.5 Å². The minimum Gasteiger partial charge on any atom is -0.486 e. The van der Waals surface area contributed by atoms with Crippen molar-refractivity contribution in [3.8, 4) is 11.5 Å². The molecule has 0 bridgehead atoms. The number of nitrogens with one attached hydrogen (secondary N) is 2. The summed E-state index contributed by atoms with van der Waals surface area (Å²) in [5, 5.41) is 5.68. The van der Waals surface area contributed by atoms with Crippen molar-refractivity contribution >= 4 is 11.7 Å². The number of fused-ring (bicyclic) bond motifs is 1. The van der Waals surface area contributed by atoms with Gasteiger partial charge >= 0.3 is 6.03 Å². The second kappa shape index (κ2) is 6.34. The van der Waals surface area contributed by atoms with Gasteiger partial charge in [-0.3, -0.25) is 4.98 Å². The van der Waals surface area contributed by atoms with Crippen molar-refractivity contribution in [1.29, 1.82) is 0 Å². The van der Waals surface area contributed by atoms with E-state index in [1.807, 2.05) is 31.2 Å². The second-order valence-corrected chi connectivity index (χ2v) is 4.93. The first-order valence-electron chi connectivity index (χ1n) is 7.10. The van der Waals surface area contributed by atoms with Crippen molar-refractivity contribution in [2.45, 2.75) is 13.0 Å². The lowest BCUT2D eigenvalue weighted by molar-refractivity contribution is 0.172. The molecule has 2 aromatic rings. The number of hydrogen-bond donors (Lipinski definition) is 2. The van der Waals surface area contributed by atoms with Crippen molar-refractivity contribution in [2.75, 3.05) is 18.5 Å². The van der Waals surface area contributed by atoms with E-state index >= 15 is 0 Å². The number of pyridine rings is 1. The van der Waals surface area contributed by atoms with Crippen molar-refractivity contribution < 1.29 is 14.3 Å². The average Bonchev–Trinajstić information content (AvgIpc) is 2.56. The lowest BCUT2D eigenvalue weighted by Crippen LogP contribution is -2.31. The predicted octanol–water partition coefficient (Wildman–Crippen LogP) is 2.74. The van der Waals surface area contributed by atoms with Crippen molar-refractivity contribution in [3.63, 3.8) is 0 Å². The van der Waals surface area contributed by atoms with E-state index < -0.39 is 0 Å². The molecule has 6 nitrogen and oxygen atoms in total. The monoisotopic (exact) mass is 299 g/mol. The summed E-state index contributed by atoms with van der Waals surface area (Å²) in [5.74, 6) is 1.21. The first-order valence-corrected chi connectivity index (χ1v) is 7.10. The SMILES string of the molecule is CC(NC(=O)Nc1cccc2c1OCCO2)c1ccncc1. The fourth-order valence-corrected chi connectivity index (χ4v) is 2.26. The number of benzene rings is 1. The van der Waals surface area contributed by atoms with Gasteiger partial charge in [-0.05, 0) is 36.8 Å². The third kappa shape index (κ3) is 3.11. The fourth-order valence-electron chi connectivity index (χ4n) is 2.26. The van der Waals surface area contributed by atoms with Gasteiger partial charge in [0.2, 0.25) is 0 Å². The van der Waals surface area contributed by atoms with Gasteiger partial charge in [0.25, 0.3) is 0 Å². The maximum absolute atomic E-state index is 12.1. The van der Waals surface area contributed by atoms with Gasteiger partial charge in [0.05, 0.1) is 11.7 Å². The van der Waals surface area contributed by atoms with Crippen molar-refractivity contribution in [1.82, 2.24) is 10.3 Å². The van der Waals surface area contributed by atoms with E-state index in [0.29, 0.717) is 30.4 Å². The highest BCUT2D eigenvalue weighted by molar-refractivity contribution is 5.91. The molecule has 3 rings (SSSR count). The summed E-state index contributed by atoms with van der Waals surface area (Å²) in [6.45, 7) is 2.90. The van der Waals surface area contributed by atoms with Gasteiger partial charge in [0.1, 0.15) is 13.2 Å². The minimum absolute atomic E-state index is 0.125. The molecule has 1 aliphatic rings. The zero-order chi connectivity index (χ0) is 15.4. The normalized spacial score (nSPS) is 14.0. The number of nitrogens with zero attached hydrogens (tertiary/aromatic N) is 1. The summed E-state index contributed by atoms with van der Waals surface area (Å²) >= 11 is 0. The van der Waals surface area contributed by atoms with Crippen LogP contribution in [0.15, 0.2) is 42.7 Å². The molecular weight excluding hydrogens is 282 g/mol. The molecule has 0 spiro atoms. The molecule has 1 aliphatic heterocycles. The number of ether oxygens (including phenoxy) is 2. The molecule has 6 heteroatoms. The summed E-state index contributed by atoms with van der Waals surface area (Å²) in [6.07, 6.45) is 3.40. The number of amides is 2. The first kappa shape index (κ1) is 14.2. The number of hydrogen-bond acceptors (Lipinski definition) is 4. The first-order chi connectivity index (χ1) is 10.7. The highest BCUT2D eigenvalue weighted by Crippen LogP contribution is 2.37. The number of rotatable bonds is 3. The van der Waals surface area contributed by atoms with E-state index in [4.69, 9.17) is 9.47 Å². The van der Waals surface area contributed by atoms with E-state index in [1.54, 1.807) is 18.5 Å². The number of carbonyl (C=O) groups is 1. The number of aromatic nitrogens is 1. The van der Waals surface area contributed by atoms with Crippen LogP contribution in [0.5, 0.6) is 11.5 Å². The predicted molar refractivity (Wildman–Crippen MR) is 82.2 cm³/mol. The Balaban J connectivity index is 1.67. The lowest BCUT2D eigenvalue weighted by Gasteiger charge is -2.21. The van der Waals surface area contributed by atoms with Crippen LogP contribution in [0.2, 0.25) is 0 Å². The van der Waals surface area contributed by atoms with Gasteiger partial charge in [0.15, 0.2) is 11.5 Å². The molecule has 2 heterocycles. The van der Waals surface area contributed by atoms with Crippen LogP contribution in [0, 0.1) is 0 Å². The molecule has 1 aromatic heterocycles. The molecule has 1 unspecified atom stereocenters. The van der Waals surface area contributed by atoms with Gasteiger partial charge in [-0.2, -0.15) is 0 Å². The number of urea groups is 1. The molecule has 0 saturated heterocycles. The van der Waals surface area contributed by atoms with Gasteiger partial charge in [-0.25, -0.2) is 4.79 Å². The number of carbonyl (C=O) groups excluding carboxylic acids is 1. The van der Waals surface area contributed by atoms with Crippen LogP contribution in [-0.4, -0.2) is 24.2 Å². The van der Waals surface area contributed by atoms with Crippen LogP contribution >= 0.6 is 0 Å².